The van der Waals surface area contributed by atoms with Crippen LogP contribution in [0.2, 0.25) is 0 Å². The Balaban J connectivity index is 2.03. The third-order valence-corrected chi connectivity index (χ3v) is 3.07. The monoisotopic (exact) mass is 257 g/mol. The van der Waals surface area contributed by atoms with E-state index >= 15 is 0 Å². The Morgan fingerprint density at radius 1 is 1.11 bits per heavy atom. The van der Waals surface area contributed by atoms with Gasteiger partial charge in [-0.1, -0.05) is 42.5 Å². The van der Waals surface area contributed by atoms with Crippen molar-refractivity contribution in [1.29, 1.82) is 0 Å². The second-order valence-electron chi connectivity index (χ2n) is 4.38. The molecule has 0 heterocycles. The minimum absolute atomic E-state index is 0.0556. The van der Waals surface area contributed by atoms with Gasteiger partial charge in [0.15, 0.2) is 0 Å². The molecule has 2 aromatic rings. The summed E-state index contributed by atoms with van der Waals surface area (Å²) >= 11 is 0. The molecule has 0 saturated heterocycles. The summed E-state index contributed by atoms with van der Waals surface area (Å²) in [4.78, 5) is 0. The molecule has 0 spiro atoms. The van der Waals surface area contributed by atoms with Gasteiger partial charge in [-0.15, -0.1) is 0 Å². The number of ether oxygens (including phenoxy) is 1. The van der Waals surface area contributed by atoms with Crippen molar-refractivity contribution < 1.29 is 9.84 Å². The maximum absolute atomic E-state index is 9.52. The van der Waals surface area contributed by atoms with Crippen molar-refractivity contribution in [3.63, 3.8) is 0 Å². The first-order valence-electron chi connectivity index (χ1n) is 6.35. The Bertz CT molecular complexity index is 499. The lowest BCUT2D eigenvalue weighted by molar-refractivity contribution is 0.243. The van der Waals surface area contributed by atoms with Gasteiger partial charge in [0.05, 0.1) is 19.8 Å². The van der Waals surface area contributed by atoms with Crippen LogP contribution in [0, 0.1) is 0 Å². The number of aliphatic hydroxyl groups excluding tert-OH is 1. The number of aliphatic hydroxyl groups is 1. The molecule has 0 radical (unpaired) electrons. The van der Waals surface area contributed by atoms with Crippen LogP contribution in [0.3, 0.4) is 0 Å². The largest absolute Gasteiger partial charge is 0.497 e. The quantitative estimate of drug-likeness (QED) is 0.835. The fourth-order valence-corrected chi connectivity index (χ4v) is 1.98. The van der Waals surface area contributed by atoms with Gasteiger partial charge < -0.3 is 15.2 Å². The van der Waals surface area contributed by atoms with E-state index < -0.39 is 0 Å². The smallest absolute Gasteiger partial charge is 0.119 e. The van der Waals surface area contributed by atoms with Crippen molar-refractivity contribution in [2.75, 3.05) is 13.7 Å². The Morgan fingerprint density at radius 2 is 1.89 bits per heavy atom. The second-order valence-corrected chi connectivity index (χ2v) is 4.38. The van der Waals surface area contributed by atoms with Gasteiger partial charge in [0, 0.05) is 6.54 Å². The standard InChI is InChI=1S/C16H19NO2/c1-19-15-9-5-8-14(10-15)16(12-18)17-11-13-6-3-2-4-7-13/h2-10,16-18H,11-12H2,1H3. The molecule has 0 fully saturated rings. The van der Waals surface area contributed by atoms with E-state index in [1.165, 1.54) is 5.56 Å². The summed E-state index contributed by atoms with van der Waals surface area (Å²) < 4.78 is 5.20. The maximum Gasteiger partial charge on any atom is 0.119 e. The maximum atomic E-state index is 9.52. The number of benzene rings is 2. The zero-order valence-electron chi connectivity index (χ0n) is 11.0. The molecule has 0 saturated carbocycles. The van der Waals surface area contributed by atoms with Crippen molar-refractivity contribution in [2.45, 2.75) is 12.6 Å². The SMILES string of the molecule is COc1cccc(C(CO)NCc2ccccc2)c1. The molecule has 0 aromatic heterocycles. The number of rotatable bonds is 6. The van der Waals surface area contributed by atoms with Crippen LogP contribution < -0.4 is 10.1 Å². The van der Waals surface area contributed by atoms with E-state index in [9.17, 15) is 5.11 Å². The summed E-state index contributed by atoms with van der Waals surface area (Å²) in [6.45, 7) is 0.781. The van der Waals surface area contributed by atoms with Crippen molar-refractivity contribution in [1.82, 2.24) is 5.32 Å². The van der Waals surface area contributed by atoms with Crippen LogP contribution in [0.25, 0.3) is 0 Å². The van der Waals surface area contributed by atoms with Gasteiger partial charge in [-0.25, -0.2) is 0 Å². The molecule has 19 heavy (non-hydrogen) atoms. The Kier molecular flexibility index (Phi) is 4.95. The first-order chi connectivity index (χ1) is 9.33. The molecular formula is C16H19NO2. The zero-order chi connectivity index (χ0) is 13.5. The summed E-state index contributed by atoms with van der Waals surface area (Å²) in [5.74, 6) is 0.803. The van der Waals surface area contributed by atoms with Gasteiger partial charge in [0.2, 0.25) is 0 Å². The first kappa shape index (κ1) is 13.6. The molecule has 0 amide bonds. The van der Waals surface area contributed by atoms with Crippen molar-refractivity contribution in [3.8, 4) is 5.75 Å². The van der Waals surface area contributed by atoms with Gasteiger partial charge >= 0.3 is 0 Å². The van der Waals surface area contributed by atoms with Crippen LogP contribution in [-0.4, -0.2) is 18.8 Å². The first-order valence-corrected chi connectivity index (χ1v) is 6.35. The molecule has 100 valence electrons. The summed E-state index contributed by atoms with van der Waals surface area (Å²) in [5.41, 5.74) is 2.22. The molecule has 2 N–H and O–H groups in total. The van der Waals surface area contributed by atoms with E-state index in [1.54, 1.807) is 7.11 Å². The van der Waals surface area contributed by atoms with Crippen LogP contribution >= 0.6 is 0 Å². The van der Waals surface area contributed by atoms with Gasteiger partial charge in [-0.2, -0.15) is 0 Å². The molecule has 2 rings (SSSR count). The highest BCUT2D eigenvalue weighted by Gasteiger charge is 2.10. The van der Waals surface area contributed by atoms with Crippen molar-refractivity contribution >= 4 is 0 Å². The molecule has 3 heteroatoms. The molecule has 0 aliphatic carbocycles. The van der Waals surface area contributed by atoms with Gasteiger partial charge in [-0.05, 0) is 23.3 Å². The summed E-state index contributed by atoms with van der Waals surface area (Å²) in [6.07, 6.45) is 0. The number of hydrogen-bond acceptors (Lipinski definition) is 3. The number of nitrogens with one attached hydrogen (secondary N) is 1. The molecule has 1 unspecified atom stereocenters. The lowest BCUT2D eigenvalue weighted by Crippen LogP contribution is -2.23. The lowest BCUT2D eigenvalue weighted by Gasteiger charge is -2.17. The van der Waals surface area contributed by atoms with E-state index in [2.05, 4.69) is 17.4 Å². The third kappa shape index (κ3) is 3.81. The minimum Gasteiger partial charge on any atom is -0.497 e. The van der Waals surface area contributed by atoms with Crippen LogP contribution in [0.4, 0.5) is 0 Å². The van der Waals surface area contributed by atoms with E-state index in [1.807, 2.05) is 42.5 Å². The molecule has 0 bridgehead atoms. The molecule has 1 atom stereocenters. The van der Waals surface area contributed by atoms with E-state index in [-0.39, 0.29) is 12.6 Å². The summed E-state index contributed by atoms with van der Waals surface area (Å²) in [7, 11) is 1.64. The van der Waals surface area contributed by atoms with Crippen LogP contribution in [0.15, 0.2) is 54.6 Å². The minimum atomic E-state index is -0.0877. The Morgan fingerprint density at radius 3 is 2.58 bits per heavy atom. The molecule has 0 aliphatic heterocycles. The second kappa shape index (κ2) is 6.92. The number of hydrogen-bond donors (Lipinski definition) is 2. The molecule has 3 nitrogen and oxygen atoms in total. The lowest BCUT2D eigenvalue weighted by atomic mass is 10.1. The summed E-state index contributed by atoms with van der Waals surface area (Å²) in [6, 6.07) is 17.8. The van der Waals surface area contributed by atoms with Gasteiger partial charge in [-0.3, -0.25) is 0 Å². The fraction of sp³-hybridized carbons (Fsp3) is 0.250. The van der Waals surface area contributed by atoms with Crippen molar-refractivity contribution in [2.24, 2.45) is 0 Å². The average molecular weight is 257 g/mol. The van der Waals surface area contributed by atoms with Crippen LogP contribution in [0.1, 0.15) is 17.2 Å². The fourth-order valence-electron chi connectivity index (χ4n) is 1.98. The molecule has 2 aromatic carbocycles. The highest BCUT2D eigenvalue weighted by Crippen LogP contribution is 2.19. The van der Waals surface area contributed by atoms with E-state index in [0.717, 1.165) is 17.9 Å². The highest BCUT2D eigenvalue weighted by atomic mass is 16.5. The van der Waals surface area contributed by atoms with Gasteiger partial charge in [0.25, 0.3) is 0 Å². The Hall–Kier alpha value is -1.84. The zero-order valence-corrected chi connectivity index (χ0v) is 11.0. The average Bonchev–Trinajstić information content (AvgIpc) is 2.49. The number of methoxy groups -OCH3 is 1. The van der Waals surface area contributed by atoms with E-state index in [4.69, 9.17) is 4.74 Å². The predicted octanol–water partition coefficient (Wildman–Crippen LogP) is 2.52. The summed E-state index contributed by atoms with van der Waals surface area (Å²) in [5, 5.41) is 12.9. The van der Waals surface area contributed by atoms with Crippen LogP contribution in [-0.2, 0) is 6.54 Å². The van der Waals surface area contributed by atoms with Crippen LogP contribution in [0.5, 0.6) is 5.75 Å². The Labute approximate surface area is 113 Å². The molecular weight excluding hydrogens is 238 g/mol. The van der Waals surface area contributed by atoms with Gasteiger partial charge in [0.1, 0.15) is 5.75 Å². The normalized spacial score (nSPS) is 12.1. The highest BCUT2D eigenvalue weighted by molar-refractivity contribution is 5.30. The third-order valence-electron chi connectivity index (χ3n) is 3.07. The van der Waals surface area contributed by atoms with Crippen molar-refractivity contribution in [3.05, 3.63) is 65.7 Å². The predicted molar refractivity (Wildman–Crippen MR) is 76.1 cm³/mol. The topological polar surface area (TPSA) is 41.5 Å². The van der Waals surface area contributed by atoms with E-state index in [0.29, 0.717) is 0 Å². The molecule has 0 aliphatic rings.